The smallest absolute Gasteiger partial charge is 0.266 e. The number of carbonyl (C=O) groups is 1. The van der Waals surface area contributed by atoms with Crippen molar-refractivity contribution in [2.45, 2.75) is 33.5 Å². The van der Waals surface area contributed by atoms with Gasteiger partial charge in [-0.1, -0.05) is 30.3 Å². The number of nitriles is 1. The van der Waals surface area contributed by atoms with Crippen LogP contribution in [0.25, 0.3) is 6.08 Å². The highest BCUT2D eigenvalue weighted by Gasteiger charge is 2.15. The minimum Gasteiger partial charge on any atom is -0.490 e. The van der Waals surface area contributed by atoms with Crippen molar-refractivity contribution in [1.29, 1.82) is 5.26 Å². The van der Waals surface area contributed by atoms with Crippen LogP contribution in [0.2, 0.25) is 0 Å². The third kappa shape index (κ3) is 7.76. The van der Waals surface area contributed by atoms with E-state index in [1.165, 1.54) is 6.08 Å². The van der Waals surface area contributed by atoms with E-state index in [0.717, 1.165) is 9.13 Å². The lowest BCUT2D eigenvalue weighted by atomic mass is 10.1. The molecule has 0 aliphatic rings. The second-order valence-corrected chi connectivity index (χ2v) is 9.01. The standard InChI is InChI=1S/C28H27IN2O4/c1-4-33-26-16-21(15-25(29)27(26)35-19(2)3)14-22(17-30)28(32)31-23-10-12-24(13-11-23)34-18-20-8-6-5-7-9-20/h5-16,19H,4,18H2,1-3H3,(H,31,32)/b22-14+. The SMILES string of the molecule is CCOc1cc(/C=C(\C#N)C(=O)Nc2ccc(OCc3ccccc3)cc2)cc(I)c1OC(C)C. The molecule has 6 nitrogen and oxygen atoms in total. The van der Waals surface area contributed by atoms with Crippen LogP contribution in [-0.2, 0) is 11.4 Å². The lowest BCUT2D eigenvalue weighted by molar-refractivity contribution is -0.112. The Bertz CT molecular complexity index is 1220. The van der Waals surface area contributed by atoms with E-state index < -0.39 is 5.91 Å². The molecule has 0 aliphatic carbocycles. The maximum atomic E-state index is 12.8. The molecule has 0 heterocycles. The Balaban J connectivity index is 1.71. The first kappa shape index (κ1) is 26.1. The van der Waals surface area contributed by atoms with Gasteiger partial charge in [0.15, 0.2) is 11.5 Å². The van der Waals surface area contributed by atoms with Gasteiger partial charge in [0.2, 0.25) is 0 Å². The van der Waals surface area contributed by atoms with Crippen molar-refractivity contribution >= 4 is 40.3 Å². The lowest BCUT2D eigenvalue weighted by Crippen LogP contribution is -2.13. The second-order valence-electron chi connectivity index (χ2n) is 7.85. The molecule has 0 aliphatic heterocycles. The highest BCUT2D eigenvalue weighted by Crippen LogP contribution is 2.35. The predicted molar refractivity (Wildman–Crippen MR) is 146 cm³/mol. The van der Waals surface area contributed by atoms with Crippen LogP contribution >= 0.6 is 22.6 Å². The second kappa shape index (κ2) is 12.8. The number of nitrogens with zero attached hydrogens (tertiary/aromatic N) is 1. The van der Waals surface area contributed by atoms with Crippen molar-refractivity contribution < 1.29 is 19.0 Å². The van der Waals surface area contributed by atoms with Crippen LogP contribution in [-0.4, -0.2) is 18.6 Å². The van der Waals surface area contributed by atoms with Crippen molar-refractivity contribution in [3.8, 4) is 23.3 Å². The van der Waals surface area contributed by atoms with Crippen LogP contribution in [0.15, 0.2) is 72.3 Å². The molecule has 0 bridgehead atoms. The van der Waals surface area contributed by atoms with E-state index >= 15 is 0 Å². The lowest BCUT2D eigenvalue weighted by Gasteiger charge is -2.17. The third-order valence-electron chi connectivity index (χ3n) is 4.72. The zero-order chi connectivity index (χ0) is 25.2. The number of halogens is 1. The number of hydrogen-bond acceptors (Lipinski definition) is 5. The molecule has 180 valence electrons. The molecule has 35 heavy (non-hydrogen) atoms. The summed E-state index contributed by atoms with van der Waals surface area (Å²) in [5, 5.41) is 12.4. The van der Waals surface area contributed by atoms with Crippen molar-refractivity contribution in [2.75, 3.05) is 11.9 Å². The molecule has 1 N–H and O–H groups in total. The molecule has 7 heteroatoms. The number of carbonyl (C=O) groups excluding carboxylic acids is 1. The van der Waals surface area contributed by atoms with Crippen LogP contribution in [0.1, 0.15) is 31.9 Å². The Morgan fingerprint density at radius 2 is 1.80 bits per heavy atom. The van der Waals surface area contributed by atoms with Crippen LogP contribution in [0.3, 0.4) is 0 Å². The summed E-state index contributed by atoms with van der Waals surface area (Å²) >= 11 is 2.16. The highest BCUT2D eigenvalue weighted by atomic mass is 127. The first-order valence-corrected chi connectivity index (χ1v) is 12.3. The van der Waals surface area contributed by atoms with E-state index in [0.29, 0.717) is 41.7 Å². The average molecular weight is 582 g/mol. The Morgan fingerprint density at radius 1 is 1.09 bits per heavy atom. The van der Waals surface area contributed by atoms with Gasteiger partial charge in [-0.2, -0.15) is 5.26 Å². The Kier molecular flexibility index (Phi) is 9.56. The van der Waals surface area contributed by atoms with Gasteiger partial charge in [0.05, 0.1) is 16.3 Å². The number of rotatable bonds is 10. The summed E-state index contributed by atoms with van der Waals surface area (Å²) in [6.07, 6.45) is 1.52. The van der Waals surface area contributed by atoms with E-state index in [1.54, 1.807) is 30.3 Å². The van der Waals surface area contributed by atoms with Crippen molar-refractivity contribution in [1.82, 2.24) is 0 Å². The fourth-order valence-electron chi connectivity index (χ4n) is 3.17. The first-order valence-electron chi connectivity index (χ1n) is 11.2. The molecule has 0 spiro atoms. The van der Waals surface area contributed by atoms with Crippen molar-refractivity contribution in [2.24, 2.45) is 0 Å². The van der Waals surface area contributed by atoms with Crippen LogP contribution in [0.4, 0.5) is 5.69 Å². The zero-order valence-electron chi connectivity index (χ0n) is 19.9. The maximum absolute atomic E-state index is 12.8. The minimum absolute atomic E-state index is 0.0142. The normalized spacial score (nSPS) is 11.0. The number of anilines is 1. The van der Waals surface area contributed by atoms with E-state index in [9.17, 15) is 10.1 Å². The van der Waals surface area contributed by atoms with Gasteiger partial charge in [0.25, 0.3) is 5.91 Å². The summed E-state index contributed by atoms with van der Waals surface area (Å²) in [5.41, 5.74) is 2.28. The van der Waals surface area contributed by atoms with Gasteiger partial charge in [0.1, 0.15) is 24.0 Å². The molecule has 0 saturated heterocycles. The highest BCUT2D eigenvalue weighted by molar-refractivity contribution is 14.1. The minimum atomic E-state index is -0.499. The molecule has 3 aromatic carbocycles. The number of ether oxygens (including phenoxy) is 3. The maximum Gasteiger partial charge on any atom is 0.266 e. The van der Waals surface area contributed by atoms with Crippen molar-refractivity contribution in [3.05, 3.63) is 87.0 Å². The Morgan fingerprint density at radius 3 is 2.43 bits per heavy atom. The Labute approximate surface area is 219 Å². The molecule has 0 saturated carbocycles. The number of amides is 1. The molecule has 0 fully saturated rings. The van der Waals surface area contributed by atoms with Gasteiger partial charge in [0, 0.05) is 5.69 Å². The molecule has 0 atom stereocenters. The van der Waals surface area contributed by atoms with Gasteiger partial charge in [-0.15, -0.1) is 0 Å². The van der Waals surface area contributed by atoms with Gasteiger partial charge in [-0.25, -0.2) is 0 Å². The van der Waals surface area contributed by atoms with Crippen LogP contribution in [0.5, 0.6) is 17.2 Å². The van der Waals surface area contributed by atoms with E-state index in [-0.39, 0.29) is 11.7 Å². The topological polar surface area (TPSA) is 80.6 Å². The summed E-state index contributed by atoms with van der Waals surface area (Å²) in [6.45, 7) is 6.70. The van der Waals surface area contributed by atoms with Crippen LogP contribution in [0, 0.1) is 14.9 Å². The summed E-state index contributed by atoms with van der Waals surface area (Å²) in [4.78, 5) is 12.8. The zero-order valence-corrected chi connectivity index (χ0v) is 22.0. The fourth-order valence-corrected chi connectivity index (χ4v) is 3.93. The van der Waals surface area contributed by atoms with Gasteiger partial charge in [-0.3, -0.25) is 4.79 Å². The predicted octanol–water partition coefficient (Wildman–Crippen LogP) is 6.60. The average Bonchev–Trinajstić information content (AvgIpc) is 2.85. The molecule has 3 aromatic rings. The summed E-state index contributed by atoms with van der Waals surface area (Å²) < 4.78 is 18.2. The number of hydrogen-bond donors (Lipinski definition) is 1. The van der Waals surface area contributed by atoms with E-state index in [4.69, 9.17) is 14.2 Å². The fraction of sp³-hybridized carbons (Fsp3) is 0.214. The quantitative estimate of drug-likeness (QED) is 0.166. The third-order valence-corrected chi connectivity index (χ3v) is 5.52. The molecule has 0 radical (unpaired) electrons. The Hall–Kier alpha value is -3.51. The first-order chi connectivity index (χ1) is 16.9. The monoisotopic (exact) mass is 582 g/mol. The number of nitrogens with one attached hydrogen (secondary N) is 1. The molecule has 0 aromatic heterocycles. The molecule has 1 amide bonds. The van der Waals surface area contributed by atoms with E-state index in [1.807, 2.05) is 63.2 Å². The number of benzene rings is 3. The summed E-state index contributed by atoms with van der Waals surface area (Å²) in [7, 11) is 0. The largest absolute Gasteiger partial charge is 0.490 e. The summed E-state index contributed by atoms with van der Waals surface area (Å²) in [6, 6.07) is 22.5. The van der Waals surface area contributed by atoms with Gasteiger partial charge in [-0.05, 0) is 97.0 Å². The van der Waals surface area contributed by atoms with E-state index in [2.05, 4.69) is 27.9 Å². The van der Waals surface area contributed by atoms with Gasteiger partial charge >= 0.3 is 0 Å². The molecule has 0 unspecified atom stereocenters. The summed E-state index contributed by atoms with van der Waals surface area (Å²) in [5.74, 6) is 1.41. The van der Waals surface area contributed by atoms with Gasteiger partial charge < -0.3 is 19.5 Å². The van der Waals surface area contributed by atoms with Crippen molar-refractivity contribution in [3.63, 3.8) is 0 Å². The van der Waals surface area contributed by atoms with Crippen LogP contribution < -0.4 is 19.5 Å². The molecular formula is C28H27IN2O4. The molecule has 3 rings (SSSR count). The molecular weight excluding hydrogens is 555 g/mol.